The Morgan fingerprint density at radius 1 is 1.07 bits per heavy atom. The van der Waals surface area contributed by atoms with E-state index in [0.29, 0.717) is 17.8 Å². The summed E-state index contributed by atoms with van der Waals surface area (Å²) in [5, 5.41) is 0. The highest BCUT2D eigenvalue weighted by molar-refractivity contribution is 7.92. The van der Waals surface area contributed by atoms with Crippen molar-refractivity contribution in [2.75, 3.05) is 10.8 Å². The second-order valence-electron chi connectivity index (χ2n) is 7.07. The van der Waals surface area contributed by atoms with Gasteiger partial charge in [-0.15, -0.1) is 0 Å². The first-order valence-electron chi connectivity index (χ1n) is 9.36. The number of benzene rings is 2. The van der Waals surface area contributed by atoms with E-state index in [1.807, 2.05) is 36.9 Å². The molecule has 0 heterocycles. The van der Waals surface area contributed by atoms with Gasteiger partial charge in [0.15, 0.2) is 0 Å². The zero-order valence-corrected chi connectivity index (χ0v) is 16.8. The van der Waals surface area contributed by atoms with E-state index < -0.39 is 10.0 Å². The van der Waals surface area contributed by atoms with Gasteiger partial charge in [-0.2, -0.15) is 0 Å². The largest absolute Gasteiger partial charge is 0.333 e. The molecule has 3 rings (SSSR count). The van der Waals surface area contributed by atoms with Crippen molar-refractivity contribution in [1.82, 2.24) is 4.90 Å². The van der Waals surface area contributed by atoms with Crippen LogP contribution in [-0.4, -0.2) is 37.9 Å². The molecule has 1 saturated carbocycles. The quantitative estimate of drug-likeness (QED) is 0.725. The Hall–Kier alpha value is -2.34. The van der Waals surface area contributed by atoms with Crippen molar-refractivity contribution in [3.05, 3.63) is 60.2 Å². The first kappa shape index (κ1) is 19.4. The maximum atomic E-state index is 13.2. The Bertz CT molecular complexity index is 904. The molecular weight excluding hydrogens is 360 g/mol. The van der Waals surface area contributed by atoms with E-state index in [4.69, 9.17) is 0 Å². The van der Waals surface area contributed by atoms with Crippen LogP contribution in [0.25, 0.3) is 0 Å². The monoisotopic (exact) mass is 386 g/mol. The molecule has 1 aliphatic carbocycles. The minimum absolute atomic E-state index is 0.0849. The summed E-state index contributed by atoms with van der Waals surface area (Å²) in [6.07, 6.45) is 2.03. The molecule has 5 nitrogen and oxygen atoms in total. The number of rotatable bonds is 7. The van der Waals surface area contributed by atoms with Gasteiger partial charge in [-0.25, -0.2) is 8.42 Å². The minimum Gasteiger partial charge on any atom is -0.333 e. The zero-order valence-electron chi connectivity index (χ0n) is 16.0. The lowest BCUT2D eigenvalue weighted by Crippen LogP contribution is -2.39. The summed E-state index contributed by atoms with van der Waals surface area (Å²) in [6, 6.07) is 15.7. The van der Waals surface area contributed by atoms with Gasteiger partial charge in [-0.3, -0.25) is 9.10 Å². The fourth-order valence-electron chi connectivity index (χ4n) is 3.33. The minimum atomic E-state index is -3.75. The maximum absolute atomic E-state index is 13.2. The van der Waals surface area contributed by atoms with Crippen molar-refractivity contribution >= 4 is 21.6 Å². The smallest absolute Gasteiger partial charge is 0.264 e. The van der Waals surface area contributed by atoms with Gasteiger partial charge < -0.3 is 4.90 Å². The van der Waals surface area contributed by atoms with Gasteiger partial charge in [-0.1, -0.05) is 24.3 Å². The van der Waals surface area contributed by atoms with E-state index in [1.165, 1.54) is 10.4 Å². The molecule has 0 unspecified atom stereocenters. The van der Waals surface area contributed by atoms with E-state index in [-0.39, 0.29) is 22.9 Å². The molecule has 6 heteroatoms. The first-order chi connectivity index (χ1) is 12.9. The van der Waals surface area contributed by atoms with Gasteiger partial charge >= 0.3 is 0 Å². The van der Waals surface area contributed by atoms with Crippen molar-refractivity contribution in [3.63, 3.8) is 0 Å². The maximum Gasteiger partial charge on any atom is 0.264 e. The normalized spacial score (nSPS) is 14.2. The van der Waals surface area contributed by atoms with Crippen LogP contribution in [0.5, 0.6) is 0 Å². The lowest BCUT2D eigenvalue weighted by molar-refractivity contribution is 0.0690. The summed E-state index contributed by atoms with van der Waals surface area (Å²) in [7, 11) is -3.75. The number of amides is 1. The molecule has 1 amide bonds. The van der Waals surface area contributed by atoms with E-state index in [9.17, 15) is 13.2 Å². The van der Waals surface area contributed by atoms with Crippen LogP contribution in [0.1, 0.15) is 44.0 Å². The molecule has 0 radical (unpaired) electrons. The number of para-hydroxylation sites is 1. The third-order valence-corrected chi connectivity index (χ3v) is 6.63. The highest BCUT2D eigenvalue weighted by atomic mass is 32.2. The Morgan fingerprint density at radius 3 is 2.30 bits per heavy atom. The number of carbonyl (C=O) groups is 1. The molecule has 1 fully saturated rings. The third kappa shape index (κ3) is 4.00. The lowest BCUT2D eigenvalue weighted by Gasteiger charge is -2.27. The van der Waals surface area contributed by atoms with Crippen LogP contribution in [0.15, 0.2) is 59.5 Å². The number of sulfonamides is 1. The van der Waals surface area contributed by atoms with Gasteiger partial charge in [0.25, 0.3) is 15.9 Å². The molecule has 27 heavy (non-hydrogen) atoms. The van der Waals surface area contributed by atoms with Crippen molar-refractivity contribution in [1.29, 1.82) is 0 Å². The second-order valence-corrected chi connectivity index (χ2v) is 8.93. The van der Waals surface area contributed by atoms with Crippen molar-refractivity contribution in [2.45, 2.75) is 50.6 Å². The highest BCUT2D eigenvalue weighted by Crippen LogP contribution is 2.31. The number of nitrogens with zero attached hydrogens (tertiary/aromatic N) is 2. The Balaban J connectivity index is 1.95. The molecule has 0 aliphatic heterocycles. The average molecular weight is 387 g/mol. The van der Waals surface area contributed by atoms with Crippen molar-refractivity contribution in [3.8, 4) is 0 Å². The second kappa shape index (κ2) is 7.72. The molecule has 0 spiro atoms. The fraction of sp³-hybridized carbons (Fsp3) is 0.381. The predicted molar refractivity (Wildman–Crippen MR) is 107 cm³/mol. The van der Waals surface area contributed by atoms with Crippen LogP contribution in [0, 0.1) is 0 Å². The van der Waals surface area contributed by atoms with Gasteiger partial charge in [0, 0.05) is 24.2 Å². The summed E-state index contributed by atoms with van der Waals surface area (Å²) in [5.41, 5.74) is 1.03. The molecule has 0 atom stereocenters. The van der Waals surface area contributed by atoms with E-state index >= 15 is 0 Å². The Kier molecular flexibility index (Phi) is 5.56. The summed E-state index contributed by atoms with van der Waals surface area (Å²) < 4.78 is 27.7. The van der Waals surface area contributed by atoms with Crippen LogP contribution < -0.4 is 4.31 Å². The fourth-order valence-corrected chi connectivity index (χ4v) is 4.85. The van der Waals surface area contributed by atoms with E-state index in [0.717, 1.165) is 12.8 Å². The highest BCUT2D eigenvalue weighted by Gasteiger charge is 2.35. The van der Waals surface area contributed by atoms with Gasteiger partial charge in [0.2, 0.25) is 0 Å². The van der Waals surface area contributed by atoms with Crippen LogP contribution in [-0.2, 0) is 10.0 Å². The van der Waals surface area contributed by atoms with Crippen molar-refractivity contribution in [2.24, 2.45) is 0 Å². The topological polar surface area (TPSA) is 57.7 Å². The molecule has 0 N–H and O–H groups in total. The Morgan fingerprint density at radius 2 is 1.74 bits per heavy atom. The lowest BCUT2D eigenvalue weighted by atomic mass is 10.1. The summed E-state index contributed by atoms with van der Waals surface area (Å²) in [5.74, 6) is -0.104. The number of hydrogen-bond acceptors (Lipinski definition) is 3. The molecule has 0 aromatic heterocycles. The van der Waals surface area contributed by atoms with E-state index in [2.05, 4.69) is 0 Å². The average Bonchev–Trinajstić information content (AvgIpc) is 3.48. The Labute approximate surface area is 161 Å². The van der Waals surface area contributed by atoms with Crippen LogP contribution in [0.3, 0.4) is 0 Å². The molecular formula is C21H26N2O3S. The molecule has 144 valence electrons. The van der Waals surface area contributed by atoms with Crippen LogP contribution >= 0.6 is 0 Å². The number of anilines is 1. The molecule has 2 aromatic rings. The van der Waals surface area contributed by atoms with Crippen LogP contribution in [0.2, 0.25) is 0 Å². The van der Waals surface area contributed by atoms with Crippen molar-refractivity contribution < 1.29 is 13.2 Å². The van der Waals surface area contributed by atoms with Gasteiger partial charge in [0.1, 0.15) is 0 Å². The SMILES string of the molecule is CCN(c1ccccc1)S(=O)(=O)c1cccc(C(=O)N(C(C)C)C2CC2)c1. The van der Waals surface area contributed by atoms with E-state index in [1.54, 1.807) is 37.3 Å². The summed E-state index contributed by atoms with van der Waals surface area (Å²) in [6.45, 7) is 6.09. The molecule has 1 aliphatic rings. The molecule has 0 bridgehead atoms. The molecule has 2 aromatic carbocycles. The predicted octanol–water partition coefficient (Wildman–Crippen LogP) is 3.91. The first-order valence-corrected chi connectivity index (χ1v) is 10.8. The standard InChI is InChI=1S/C21H26N2O3S/c1-4-22(18-10-6-5-7-11-18)27(25,26)20-12-8-9-17(15-20)21(24)23(16(2)3)19-13-14-19/h5-12,15-16,19H,4,13-14H2,1-3H3. The third-order valence-electron chi connectivity index (χ3n) is 4.73. The van der Waals surface area contributed by atoms with Gasteiger partial charge in [0.05, 0.1) is 10.6 Å². The zero-order chi connectivity index (χ0) is 19.6. The number of carbonyl (C=O) groups excluding carboxylic acids is 1. The summed E-state index contributed by atoms with van der Waals surface area (Å²) in [4.78, 5) is 15.0. The number of hydrogen-bond donors (Lipinski definition) is 0. The summed E-state index contributed by atoms with van der Waals surface area (Å²) >= 11 is 0. The van der Waals surface area contributed by atoms with Gasteiger partial charge in [-0.05, 0) is 63.9 Å². The molecule has 0 saturated heterocycles. The van der Waals surface area contributed by atoms with Crippen LogP contribution in [0.4, 0.5) is 5.69 Å².